The molecule has 11 heteroatoms. The van der Waals surface area contributed by atoms with Crippen LogP contribution in [0.25, 0.3) is 17.3 Å². The van der Waals surface area contributed by atoms with Gasteiger partial charge in [-0.1, -0.05) is 34.8 Å². The van der Waals surface area contributed by atoms with Crippen LogP contribution in [0, 0.1) is 5.82 Å². The lowest BCUT2D eigenvalue weighted by Crippen LogP contribution is -2.06. The van der Waals surface area contributed by atoms with Gasteiger partial charge in [-0.15, -0.1) is 0 Å². The van der Waals surface area contributed by atoms with Gasteiger partial charge in [0, 0.05) is 12.6 Å². The van der Waals surface area contributed by atoms with Gasteiger partial charge in [-0.05, 0) is 23.8 Å². The van der Waals surface area contributed by atoms with Gasteiger partial charge in [-0.2, -0.15) is 13.9 Å². The number of carbonyl (C=O) groups is 1. The molecule has 1 N–H and O–H groups in total. The lowest BCUT2D eigenvalue weighted by molar-refractivity contribution is -0.131. The van der Waals surface area contributed by atoms with Crippen LogP contribution in [-0.4, -0.2) is 27.5 Å². The third kappa shape index (κ3) is 4.20. The maximum atomic E-state index is 14.0. The van der Waals surface area contributed by atoms with Crippen molar-refractivity contribution in [2.24, 2.45) is 7.05 Å². The Kier molecular flexibility index (Phi) is 5.87. The summed E-state index contributed by atoms with van der Waals surface area (Å²) in [5.41, 5.74) is -0.0497. The zero-order chi connectivity index (χ0) is 18.9. The Hall–Kier alpha value is -1.90. The van der Waals surface area contributed by atoms with E-state index in [1.54, 1.807) is 0 Å². The van der Waals surface area contributed by atoms with Gasteiger partial charge >= 0.3 is 12.6 Å². The number of aliphatic carboxylic acids is 1. The molecule has 0 aliphatic heterocycles. The Labute approximate surface area is 154 Å². The summed E-state index contributed by atoms with van der Waals surface area (Å²) < 4.78 is 44.1. The molecular weight excluding hydrogens is 408 g/mol. The number of ether oxygens (including phenoxy) is 1. The molecule has 0 unspecified atom stereocenters. The summed E-state index contributed by atoms with van der Waals surface area (Å²) in [5, 5.41) is 11.4. The quantitative estimate of drug-likeness (QED) is 0.713. The minimum atomic E-state index is -3.13. The van der Waals surface area contributed by atoms with Crippen LogP contribution in [-0.2, 0) is 11.8 Å². The van der Waals surface area contributed by atoms with Gasteiger partial charge in [0.25, 0.3) is 0 Å². The SMILES string of the molecule is Cn1nc(-c2cc(F)c(Cl)c(C=C(Cl)C(=O)O)c2)c(Cl)c1OC(F)F. The van der Waals surface area contributed by atoms with Crippen LogP contribution in [0.4, 0.5) is 13.2 Å². The molecule has 0 saturated heterocycles. The Morgan fingerprint density at radius 3 is 2.56 bits per heavy atom. The van der Waals surface area contributed by atoms with Crippen molar-refractivity contribution in [3.63, 3.8) is 0 Å². The number of halogens is 6. The normalized spacial score (nSPS) is 11.9. The van der Waals surface area contributed by atoms with E-state index in [2.05, 4.69) is 9.84 Å². The minimum Gasteiger partial charge on any atom is -0.477 e. The second kappa shape index (κ2) is 7.55. The Bertz CT molecular complexity index is 869. The molecule has 134 valence electrons. The number of alkyl halides is 2. The second-order valence-corrected chi connectivity index (χ2v) is 5.79. The average molecular weight is 416 g/mol. The topological polar surface area (TPSA) is 64.4 Å². The molecule has 0 atom stereocenters. The smallest absolute Gasteiger partial charge is 0.388 e. The van der Waals surface area contributed by atoms with Crippen molar-refractivity contribution in [3.05, 3.63) is 38.6 Å². The van der Waals surface area contributed by atoms with E-state index in [1.165, 1.54) is 13.1 Å². The third-order valence-corrected chi connectivity index (χ3v) is 3.97. The summed E-state index contributed by atoms with van der Waals surface area (Å²) in [4.78, 5) is 10.8. The molecule has 0 radical (unpaired) electrons. The Balaban J connectivity index is 2.60. The van der Waals surface area contributed by atoms with E-state index in [0.29, 0.717) is 0 Å². The van der Waals surface area contributed by atoms with Gasteiger partial charge < -0.3 is 9.84 Å². The van der Waals surface area contributed by atoms with Gasteiger partial charge in [0.2, 0.25) is 5.88 Å². The maximum absolute atomic E-state index is 14.0. The van der Waals surface area contributed by atoms with Crippen LogP contribution in [0.5, 0.6) is 5.88 Å². The highest BCUT2D eigenvalue weighted by atomic mass is 35.5. The Morgan fingerprint density at radius 1 is 1.36 bits per heavy atom. The average Bonchev–Trinajstić information content (AvgIpc) is 2.79. The van der Waals surface area contributed by atoms with Crippen LogP contribution >= 0.6 is 34.8 Å². The number of hydrogen-bond donors (Lipinski definition) is 1. The van der Waals surface area contributed by atoms with Gasteiger partial charge in [0.15, 0.2) is 0 Å². The van der Waals surface area contributed by atoms with E-state index >= 15 is 0 Å². The summed E-state index contributed by atoms with van der Waals surface area (Å²) in [7, 11) is 1.31. The molecule has 0 fully saturated rings. The lowest BCUT2D eigenvalue weighted by atomic mass is 10.1. The molecule has 5 nitrogen and oxygen atoms in total. The highest BCUT2D eigenvalue weighted by Crippen LogP contribution is 2.37. The predicted octanol–water partition coefficient (Wildman–Crippen LogP) is 4.80. The van der Waals surface area contributed by atoms with Crippen molar-refractivity contribution < 1.29 is 27.8 Å². The summed E-state index contributed by atoms with van der Waals surface area (Å²) >= 11 is 17.3. The van der Waals surface area contributed by atoms with Gasteiger partial charge in [-0.3, -0.25) is 0 Å². The zero-order valence-corrected chi connectivity index (χ0v) is 14.5. The fourth-order valence-electron chi connectivity index (χ4n) is 1.93. The lowest BCUT2D eigenvalue weighted by Gasteiger charge is -2.06. The number of carboxylic acid groups (broad SMARTS) is 1. The standard InChI is InChI=1S/C14H8Cl3F3N2O3/c1-22-12(25-14(19)20)10(17)11(21-22)6-2-5(3-7(15)13(23)24)9(16)8(18)4-6/h2-4,14H,1H3,(H,23,24). The molecule has 0 aliphatic rings. The van der Waals surface area contributed by atoms with Crippen LogP contribution < -0.4 is 4.74 Å². The molecule has 0 saturated carbocycles. The van der Waals surface area contributed by atoms with E-state index in [1.807, 2.05) is 0 Å². The first kappa shape index (κ1) is 19.4. The molecule has 1 heterocycles. The number of rotatable bonds is 5. The molecule has 2 rings (SSSR count). The summed E-state index contributed by atoms with van der Waals surface area (Å²) in [6.45, 7) is -3.13. The first-order valence-electron chi connectivity index (χ1n) is 6.39. The summed E-state index contributed by atoms with van der Waals surface area (Å²) in [6, 6.07) is 2.23. The van der Waals surface area contributed by atoms with Crippen molar-refractivity contribution in [1.82, 2.24) is 9.78 Å². The van der Waals surface area contributed by atoms with Gasteiger partial charge in [-0.25, -0.2) is 13.9 Å². The molecule has 0 aliphatic carbocycles. The van der Waals surface area contributed by atoms with Crippen molar-refractivity contribution in [2.75, 3.05) is 0 Å². The van der Waals surface area contributed by atoms with E-state index in [4.69, 9.17) is 39.9 Å². The predicted molar refractivity (Wildman–Crippen MR) is 86.7 cm³/mol. The van der Waals surface area contributed by atoms with Gasteiger partial charge in [0.1, 0.15) is 21.6 Å². The van der Waals surface area contributed by atoms with Crippen LogP contribution in [0.1, 0.15) is 5.56 Å². The number of benzene rings is 1. The van der Waals surface area contributed by atoms with Crippen molar-refractivity contribution in [1.29, 1.82) is 0 Å². The molecule has 1 aromatic heterocycles. The first-order chi connectivity index (χ1) is 11.6. The molecule has 0 amide bonds. The monoisotopic (exact) mass is 414 g/mol. The fraction of sp³-hybridized carbons (Fsp3) is 0.143. The first-order valence-corrected chi connectivity index (χ1v) is 7.52. The van der Waals surface area contributed by atoms with Crippen molar-refractivity contribution >= 4 is 46.8 Å². The molecular formula is C14H8Cl3F3N2O3. The molecule has 2 aromatic rings. The second-order valence-electron chi connectivity index (χ2n) is 4.63. The number of aryl methyl sites for hydroxylation is 1. The molecule has 25 heavy (non-hydrogen) atoms. The molecule has 1 aromatic carbocycles. The maximum Gasteiger partial charge on any atom is 0.388 e. The van der Waals surface area contributed by atoms with Crippen LogP contribution in [0.2, 0.25) is 10.0 Å². The summed E-state index contributed by atoms with van der Waals surface area (Å²) in [5.74, 6) is -2.76. The van der Waals surface area contributed by atoms with Crippen LogP contribution in [0.15, 0.2) is 17.2 Å². The highest BCUT2D eigenvalue weighted by Gasteiger charge is 2.22. The van der Waals surface area contributed by atoms with Crippen molar-refractivity contribution in [2.45, 2.75) is 6.61 Å². The third-order valence-electron chi connectivity index (χ3n) is 2.96. The van der Waals surface area contributed by atoms with E-state index < -0.39 is 29.3 Å². The van der Waals surface area contributed by atoms with Crippen molar-refractivity contribution in [3.8, 4) is 17.1 Å². The van der Waals surface area contributed by atoms with Gasteiger partial charge in [0.05, 0.1) is 5.02 Å². The van der Waals surface area contributed by atoms with Crippen LogP contribution in [0.3, 0.4) is 0 Å². The molecule has 0 spiro atoms. The highest BCUT2D eigenvalue weighted by molar-refractivity contribution is 6.43. The summed E-state index contributed by atoms with van der Waals surface area (Å²) in [6.07, 6.45) is 0.937. The largest absolute Gasteiger partial charge is 0.477 e. The number of hydrogen-bond acceptors (Lipinski definition) is 3. The number of carboxylic acids is 1. The minimum absolute atomic E-state index is 0.0536. The zero-order valence-electron chi connectivity index (χ0n) is 12.2. The Morgan fingerprint density at radius 2 is 2.00 bits per heavy atom. The number of aromatic nitrogens is 2. The number of nitrogens with zero attached hydrogens (tertiary/aromatic N) is 2. The van der Waals surface area contributed by atoms with E-state index in [0.717, 1.165) is 16.8 Å². The fourth-order valence-corrected chi connectivity index (χ4v) is 2.52. The van der Waals surface area contributed by atoms with E-state index in [-0.39, 0.29) is 26.9 Å². The van der Waals surface area contributed by atoms with E-state index in [9.17, 15) is 18.0 Å². The molecule has 0 bridgehead atoms.